The van der Waals surface area contributed by atoms with Crippen molar-refractivity contribution in [2.75, 3.05) is 19.6 Å². The van der Waals surface area contributed by atoms with Gasteiger partial charge in [-0.3, -0.25) is 0 Å². The maximum Gasteiger partial charge on any atom is 0.137 e. The molecular weight excluding hydrogens is 329 g/mol. The molecule has 0 saturated carbocycles. The largest absolute Gasteiger partial charge is 0.385 e. The minimum absolute atomic E-state index is 0.222. The number of hydrogen-bond acceptors (Lipinski definition) is 3. The molecule has 1 aliphatic rings. The van der Waals surface area contributed by atoms with Crippen molar-refractivity contribution < 1.29 is 9.50 Å². The van der Waals surface area contributed by atoms with Crippen LogP contribution in [0.25, 0.3) is 0 Å². The Morgan fingerprint density at radius 3 is 2.75 bits per heavy atom. The van der Waals surface area contributed by atoms with Crippen LogP contribution in [0.4, 0.5) is 4.39 Å². The highest BCUT2D eigenvalue weighted by molar-refractivity contribution is 6.31. The van der Waals surface area contributed by atoms with Gasteiger partial charge in [-0.15, -0.1) is 0 Å². The third kappa shape index (κ3) is 3.79. The lowest BCUT2D eigenvalue weighted by Crippen LogP contribution is -2.37. The minimum atomic E-state index is -0.520. The summed E-state index contributed by atoms with van der Waals surface area (Å²) >= 11 is 6.08. The monoisotopic (exact) mass is 351 g/mol. The van der Waals surface area contributed by atoms with Crippen LogP contribution in [0.1, 0.15) is 30.3 Å². The van der Waals surface area contributed by atoms with Gasteiger partial charge in [0.15, 0.2) is 0 Å². The van der Waals surface area contributed by atoms with Gasteiger partial charge in [-0.25, -0.2) is 9.37 Å². The Hall–Kier alpha value is -1.43. The SMILES string of the molecule is Cn1ccnc1C(O)C1CCN(CCc2c(F)cccc2Cl)CC1. The molecule has 0 amide bonds. The van der Waals surface area contributed by atoms with Gasteiger partial charge in [0.1, 0.15) is 17.7 Å². The Bertz CT molecular complexity index is 662. The van der Waals surface area contributed by atoms with Gasteiger partial charge in [-0.1, -0.05) is 17.7 Å². The number of halogens is 2. The first-order valence-electron chi connectivity index (χ1n) is 8.37. The Kier molecular flexibility index (Phi) is 5.54. The van der Waals surface area contributed by atoms with Gasteiger partial charge < -0.3 is 14.6 Å². The molecule has 0 spiro atoms. The smallest absolute Gasteiger partial charge is 0.137 e. The van der Waals surface area contributed by atoms with E-state index in [0.717, 1.165) is 38.3 Å². The summed E-state index contributed by atoms with van der Waals surface area (Å²) in [6, 6.07) is 4.82. The Balaban J connectivity index is 1.51. The number of aliphatic hydroxyl groups excluding tert-OH is 1. The van der Waals surface area contributed by atoms with Gasteiger partial charge in [0, 0.05) is 36.6 Å². The summed E-state index contributed by atoms with van der Waals surface area (Å²) in [5.74, 6) is 0.716. The zero-order valence-electron chi connectivity index (χ0n) is 13.8. The van der Waals surface area contributed by atoms with Crippen LogP contribution in [0.2, 0.25) is 5.02 Å². The average molecular weight is 352 g/mol. The first-order chi connectivity index (χ1) is 11.6. The average Bonchev–Trinajstić information content (AvgIpc) is 3.00. The van der Waals surface area contributed by atoms with Crippen LogP contribution >= 0.6 is 11.6 Å². The van der Waals surface area contributed by atoms with Gasteiger partial charge in [0.25, 0.3) is 0 Å². The van der Waals surface area contributed by atoms with Gasteiger partial charge in [0.05, 0.1) is 0 Å². The number of aryl methyl sites for hydroxylation is 1. The van der Waals surface area contributed by atoms with E-state index in [9.17, 15) is 9.50 Å². The topological polar surface area (TPSA) is 41.3 Å². The molecule has 1 unspecified atom stereocenters. The fourth-order valence-electron chi connectivity index (χ4n) is 3.41. The molecule has 130 valence electrons. The summed E-state index contributed by atoms with van der Waals surface area (Å²) in [5.41, 5.74) is 0.592. The number of hydrogen-bond donors (Lipinski definition) is 1. The molecule has 1 N–H and O–H groups in total. The molecule has 0 radical (unpaired) electrons. The number of rotatable bonds is 5. The maximum absolute atomic E-state index is 13.8. The molecule has 3 rings (SSSR count). The first kappa shape index (κ1) is 17.4. The molecule has 6 heteroatoms. The fraction of sp³-hybridized carbons (Fsp3) is 0.500. The van der Waals surface area contributed by atoms with Gasteiger partial charge >= 0.3 is 0 Å². The molecule has 24 heavy (non-hydrogen) atoms. The van der Waals surface area contributed by atoms with Crippen molar-refractivity contribution in [3.05, 3.63) is 52.8 Å². The number of aliphatic hydroxyl groups is 1. The highest BCUT2D eigenvalue weighted by atomic mass is 35.5. The Morgan fingerprint density at radius 1 is 1.38 bits per heavy atom. The molecule has 1 atom stereocenters. The first-order valence-corrected chi connectivity index (χ1v) is 8.74. The third-order valence-corrected chi connectivity index (χ3v) is 5.30. The van der Waals surface area contributed by atoms with E-state index < -0.39 is 6.10 Å². The summed E-state index contributed by atoms with van der Waals surface area (Å²) in [4.78, 5) is 6.56. The number of likely N-dealkylation sites (tertiary alicyclic amines) is 1. The summed E-state index contributed by atoms with van der Waals surface area (Å²) in [6.07, 6.45) is 5.49. The van der Waals surface area contributed by atoms with Crippen molar-refractivity contribution in [1.82, 2.24) is 14.5 Å². The molecule has 1 fully saturated rings. The van der Waals surface area contributed by atoms with E-state index in [4.69, 9.17) is 11.6 Å². The van der Waals surface area contributed by atoms with Crippen molar-refractivity contribution in [2.24, 2.45) is 13.0 Å². The zero-order chi connectivity index (χ0) is 17.1. The Morgan fingerprint density at radius 2 is 2.12 bits per heavy atom. The molecule has 2 aromatic rings. The van der Waals surface area contributed by atoms with Crippen LogP contribution < -0.4 is 0 Å². The van der Waals surface area contributed by atoms with Gasteiger partial charge in [-0.05, 0) is 50.4 Å². The van der Waals surface area contributed by atoms with Crippen LogP contribution in [-0.2, 0) is 13.5 Å². The van der Waals surface area contributed by atoms with E-state index in [0.29, 0.717) is 17.0 Å². The van der Waals surface area contributed by atoms with Crippen LogP contribution in [-0.4, -0.2) is 39.2 Å². The van der Waals surface area contributed by atoms with E-state index >= 15 is 0 Å². The third-order valence-electron chi connectivity index (χ3n) is 4.94. The lowest BCUT2D eigenvalue weighted by molar-refractivity contribution is 0.0514. The van der Waals surface area contributed by atoms with Crippen LogP contribution in [0, 0.1) is 11.7 Å². The highest BCUT2D eigenvalue weighted by Crippen LogP contribution is 2.30. The molecular formula is C18H23ClFN3O. The molecule has 0 bridgehead atoms. The Labute approximate surface area is 146 Å². The second-order valence-corrected chi connectivity index (χ2v) is 6.88. The summed E-state index contributed by atoms with van der Waals surface area (Å²) in [7, 11) is 1.90. The molecule has 1 saturated heterocycles. The van der Waals surface area contributed by atoms with Crippen molar-refractivity contribution in [3.63, 3.8) is 0 Å². The lowest BCUT2D eigenvalue weighted by Gasteiger charge is -2.34. The molecule has 0 aliphatic carbocycles. The predicted molar refractivity (Wildman–Crippen MR) is 92.4 cm³/mol. The summed E-state index contributed by atoms with van der Waals surface area (Å²) in [6.45, 7) is 2.59. The van der Waals surface area contributed by atoms with E-state index in [1.807, 2.05) is 17.8 Å². The van der Waals surface area contributed by atoms with Crippen LogP contribution in [0.15, 0.2) is 30.6 Å². The van der Waals surface area contributed by atoms with Crippen LogP contribution in [0.3, 0.4) is 0 Å². The van der Waals surface area contributed by atoms with Gasteiger partial charge in [-0.2, -0.15) is 0 Å². The van der Waals surface area contributed by atoms with E-state index in [2.05, 4.69) is 9.88 Å². The number of nitrogens with zero attached hydrogens (tertiary/aromatic N) is 3. The number of benzene rings is 1. The van der Waals surface area contributed by atoms with Crippen molar-refractivity contribution in [1.29, 1.82) is 0 Å². The van der Waals surface area contributed by atoms with E-state index in [1.165, 1.54) is 6.07 Å². The second-order valence-electron chi connectivity index (χ2n) is 6.47. The molecule has 1 aliphatic heterocycles. The molecule has 2 heterocycles. The molecule has 1 aromatic heterocycles. The van der Waals surface area contributed by atoms with E-state index in [-0.39, 0.29) is 11.7 Å². The van der Waals surface area contributed by atoms with Crippen LogP contribution in [0.5, 0.6) is 0 Å². The van der Waals surface area contributed by atoms with Gasteiger partial charge in [0.2, 0.25) is 0 Å². The summed E-state index contributed by atoms with van der Waals surface area (Å²) in [5, 5.41) is 11.0. The highest BCUT2D eigenvalue weighted by Gasteiger charge is 2.28. The van der Waals surface area contributed by atoms with Crippen molar-refractivity contribution in [3.8, 4) is 0 Å². The number of imidazole rings is 1. The fourth-order valence-corrected chi connectivity index (χ4v) is 3.66. The second kappa shape index (κ2) is 7.64. The zero-order valence-corrected chi connectivity index (χ0v) is 14.6. The lowest BCUT2D eigenvalue weighted by atomic mass is 9.90. The minimum Gasteiger partial charge on any atom is -0.385 e. The number of aromatic nitrogens is 2. The predicted octanol–water partition coefficient (Wildman–Crippen LogP) is 3.20. The molecule has 4 nitrogen and oxygen atoms in total. The maximum atomic E-state index is 13.8. The standard InChI is InChI=1S/C18H23ClFN3O/c1-22-12-8-21-18(22)17(24)13-5-9-23(10-6-13)11-7-14-15(19)3-2-4-16(14)20/h2-4,8,12-13,17,24H,5-7,9-11H2,1H3. The quantitative estimate of drug-likeness (QED) is 0.899. The molecule has 1 aromatic carbocycles. The summed E-state index contributed by atoms with van der Waals surface area (Å²) < 4.78 is 15.7. The normalized spacial score (nSPS) is 18.0. The number of piperidine rings is 1. The van der Waals surface area contributed by atoms with Crippen molar-refractivity contribution >= 4 is 11.6 Å². The van der Waals surface area contributed by atoms with E-state index in [1.54, 1.807) is 18.3 Å². The van der Waals surface area contributed by atoms with Crippen molar-refractivity contribution in [2.45, 2.75) is 25.4 Å².